The molecule has 0 saturated heterocycles. The average molecular weight is 276 g/mol. The molecule has 20 heavy (non-hydrogen) atoms. The maximum atomic E-state index is 13.1. The Balaban J connectivity index is 2.11. The first-order valence-electron chi connectivity index (χ1n) is 6.48. The third kappa shape index (κ3) is 3.04. The van der Waals surface area contributed by atoms with Crippen LogP contribution in [0, 0.1) is 12.7 Å². The summed E-state index contributed by atoms with van der Waals surface area (Å²) in [5.74, 6) is 0.0721. The van der Waals surface area contributed by atoms with Crippen LogP contribution in [0.2, 0.25) is 0 Å². The van der Waals surface area contributed by atoms with E-state index in [4.69, 9.17) is 4.52 Å². The first-order chi connectivity index (χ1) is 9.49. The second-order valence-corrected chi connectivity index (χ2v) is 4.97. The minimum Gasteiger partial charge on any atom is -0.360 e. The molecule has 4 nitrogen and oxygen atoms in total. The summed E-state index contributed by atoms with van der Waals surface area (Å²) < 4.78 is 18.2. The van der Waals surface area contributed by atoms with Crippen molar-refractivity contribution in [2.75, 3.05) is 0 Å². The van der Waals surface area contributed by atoms with Gasteiger partial charge in [0.15, 0.2) is 5.76 Å². The van der Waals surface area contributed by atoms with Crippen LogP contribution in [0.15, 0.2) is 28.8 Å². The Morgan fingerprint density at radius 1 is 1.45 bits per heavy atom. The van der Waals surface area contributed by atoms with Gasteiger partial charge < -0.3 is 9.84 Å². The van der Waals surface area contributed by atoms with Crippen molar-refractivity contribution in [2.45, 2.75) is 33.2 Å². The van der Waals surface area contributed by atoms with E-state index in [-0.39, 0.29) is 24.2 Å². The molecule has 0 saturated carbocycles. The van der Waals surface area contributed by atoms with Crippen molar-refractivity contribution in [2.24, 2.45) is 0 Å². The molecule has 1 heterocycles. The van der Waals surface area contributed by atoms with Gasteiger partial charge >= 0.3 is 0 Å². The minimum absolute atomic E-state index is 0.0751. The number of halogens is 1. The van der Waals surface area contributed by atoms with E-state index in [1.165, 1.54) is 12.1 Å². The van der Waals surface area contributed by atoms with E-state index in [2.05, 4.69) is 10.5 Å². The number of nitrogens with zero attached hydrogens (tertiary/aromatic N) is 1. The van der Waals surface area contributed by atoms with Crippen molar-refractivity contribution in [3.8, 4) is 0 Å². The van der Waals surface area contributed by atoms with E-state index in [1.807, 2.05) is 13.8 Å². The number of nitrogens with one attached hydrogen (secondary N) is 1. The second kappa shape index (κ2) is 5.86. The highest BCUT2D eigenvalue weighted by Crippen LogP contribution is 2.22. The van der Waals surface area contributed by atoms with Gasteiger partial charge in [0, 0.05) is 12.5 Å². The summed E-state index contributed by atoms with van der Waals surface area (Å²) in [5.41, 5.74) is 1.74. The Morgan fingerprint density at radius 3 is 2.85 bits per heavy atom. The lowest BCUT2D eigenvalue weighted by atomic mass is 10.0. The maximum Gasteiger partial charge on any atom is 0.257 e. The third-order valence-corrected chi connectivity index (χ3v) is 2.98. The predicted molar refractivity (Wildman–Crippen MR) is 72.9 cm³/mol. The molecule has 0 atom stereocenters. The van der Waals surface area contributed by atoms with Crippen LogP contribution in [0.3, 0.4) is 0 Å². The van der Waals surface area contributed by atoms with Crippen molar-refractivity contribution < 1.29 is 13.7 Å². The standard InChI is InChI=1S/C15H17FN2O2/c1-9(2)14-13(10(3)18-20-14)15(19)17-8-11-5-4-6-12(16)7-11/h4-7,9H,8H2,1-3H3,(H,17,19). The molecule has 0 spiro atoms. The molecule has 0 bridgehead atoms. The first-order valence-corrected chi connectivity index (χ1v) is 6.48. The fraction of sp³-hybridized carbons (Fsp3) is 0.333. The maximum absolute atomic E-state index is 13.1. The zero-order chi connectivity index (χ0) is 14.7. The third-order valence-electron chi connectivity index (χ3n) is 2.98. The number of carbonyl (C=O) groups excluding carboxylic acids is 1. The number of amides is 1. The molecule has 1 amide bonds. The number of aromatic nitrogens is 1. The lowest BCUT2D eigenvalue weighted by molar-refractivity contribution is 0.0948. The molecule has 106 valence electrons. The normalized spacial score (nSPS) is 10.8. The van der Waals surface area contributed by atoms with Crippen LogP contribution in [0.1, 0.15) is 47.1 Å². The highest BCUT2D eigenvalue weighted by atomic mass is 19.1. The molecule has 0 fully saturated rings. The Hall–Kier alpha value is -2.17. The predicted octanol–water partition coefficient (Wildman–Crippen LogP) is 3.18. The van der Waals surface area contributed by atoms with E-state index in [9.17, 15) is 9.18 Å². The molecule has 2 rings (SSSR count). The van der Waals surface area contributed by atoms with E-state index in [0.29, 0.717) is 22.6 Å². The largest absolute Gasteiger partial charge is 0.360 e. The van der Waals surface area contributed by atoms with E-state index >= 15 is 0 Å². The molecule has 1 N–H and O–H groups in total. The Bertz CT molecular complexity index is 620. The SMILES string of the molecule is Cc1noc(C(C)C)c1C(=O)NCc1cccc(F)c1. The topological polar surface area (TPSA) is 55.1 Å². The van der Waals surface area contributed by atoms with Crippen molar-refractivity contribution in [1.29, 1.82) is 0 Å². The summed E-state index contributed by atoms with van der Waals surface area (Å²) in [4.78, 5) is 12.2. The smallest absolute Gasteiger partial charge is 0.257 e. The fourth-order valence-electron chi connectivity index (χ4n) is 1.98. The average Bonchev–Trinajstić information content (AvgIpc) is 2.78. The van der Waals surface area contributed by atoms with Crippen LogP contribution in [-0.4, -0.2) is 11.1 Å². The van der Waals surface area contributed by atoms with Gasteiger partial charge in [-0.2, -0.15) is 0 Å². The first kappa shape index (κ1) is 14.2. The van der Waals surface area contributed by atoms with Crippen LogP contribution >= 0.6 is 0 Å². The van der Waals surface area contributed by atoms with Gasteiger partial charge in [-0.1, -0.05) is 31.1 Å². The summed E-state index contributed by atoms with van der Waals surface area (Å²) in [6.45, 7) is 5.86. The lowest BCUT2D eigenvalue weighted by Gasteiger charge is -2.07. The van der Waals surface area contributed by atoms with Gasteiger partial charge in [-0.05, 0) is 24.6 Å². The van der Waals surface area contributed by atoms with Crippen LogP contribution in [-0.2, 0) is 6.54 Å². The number of hydrogen-bond acceptors (Lipinski definition) is 3. The van der Waals surface area contributed by atoms with Gasteiger partial charge in [0.05, 0.1) is 5.69 Å². The highest BCUT2D eigenvalue weighted by molar-refractivity contribution is 5.96. The zero-order valence-electron chi connectivity index (χ0n) is 11.7. The summed E-state index contributed by atoms with van der Waals surface area (Å²) in [6, 6.07) is 6.13. The fourth-order valence-corrected chi connectivity index (χ4v) is 1.98. The van der Waals surface area contributed by atoms with Crippen molar-refractivity contribution in [3.63, 3.8) is 0 Å². The molecule has 1 aromatic heterocycles. The molecule has 0 radical (unpaired) electrons. The molecule has 0 aliphatic carbocycles. The lowest BCUT2D eigenvalue weighted by Crippen LogP contribution is -2.24. The van der Waals surface area contributed by atoms with Gasteiger partial charge in [-0.25, -0.2) is 4.39 Å². The molecule has 0 aliphatic rings. The van der Waals surface area contributed by atoms with Crippen LogP contribution in [0.5, 0.6) is 0 Å². The Labute approximate surface area is 117 Å². The second-order valence-electron chi connectivity index (χ2n) is 4.97. The van der Waals surface area contributed by atoms with Crippen molar-refractivity contribution in [3.05, 3.63) is 52.7 Å². The van der Waals surface area contributed by atoms with Gasteiger partial charge in [-0.3, -0.25) is 4.79 Å². The number of aryl methyl sites for hydroxylation is 1. The molecule has 0 aliphatic heterocycles. The molecule has 1 aromatic carbocycles. The molecule has 2 aromatic rings. The van der Waals surface area contributed by atoms with Crippen LogP contribution in [0.4, 0.5) is 4.39 Å². The number of rotatable bonds is 4. The zero-order valence-corrected chi connectivity index (χ0v) is 11.7. The van der Waals surface area contributed by atoms with Gasteiger partial charge in [-0.15, -0.1) is 0 Å². The van der Waals surface area contributed by atoms with Crippen molar-refractivity contribution in [1.82, 2.24) is 10.5 Å². The van der Waals surface area contributed by atoms with Gasteiger partial charge in [0.1, 0.15) is 11.4 Å². The summed E-state index contributed by atoms with van der Waals surface area (Å²) in [7, 11) is 0. The van der Waals surface area contributed by atoms with E-state index < -0.39 is 0 Å². The van der Waals surface area contributed by atoms with E-state index in [1.54, 1.807) is 19.1 Å². The molecular weight excluding hydrogens is 259 g/mol. The molecule has 5 heteroatoms. The number of hydrogen-bond donors (Lipinski definition) is 1. The summed E-state index contributed by atoms with van der Waals surface area (Å²) in [5, 5.41) is 6.59. The van der Waals surface area contributed by atoms with Crippen LogP contribution in [0.25, 0.3) is 0 Å². The highest BCUT2D eigenvalue weighted by Gasteiger charge is 2.22. The van der Waals surface area contributed by atoms with E-state index in [0.717, 1.165) is 0 Å². The monoisotopic (exact) mass is 276 g/mol. The molecular formula is C15H17FN2O2. The summed E-state index contributed by atoms with van der Waals surface area (Å²) >= 11 is 0. The minimum atomic E-state index is -0.319. The van der Waals surface area contributed by atoms with Crippen molar-refractivity contribution >= 4 is 5.91 Å². The quantitative estimate of drug-likeness (QED) is 0.933. The molecule has 0 unspecified atom stereocenters. The number of carbonyl (C=O) groups is 1. The van der Waals surface area contributed by atoms with Gasteiger partial charge in [0.2, 0.25) is 0 Å². The number of benzene rings is 1. The Kier molecular flexibility index (Phi) is 4.17. The van der Waals surface area contributed by atoms with Gasteiger partial charge in [0.25, 0.3) is 5.91 Å². The Morgan fingerprint density at radius 2 is 2.20 bits per heavy atom. The summed E-state index contributed by atoms with van der Waals surface area (Å²) in [6.07, 6.45) is 0. The van der Waals surface area contributed by atoms with Crippen LogP contribution < -0.4 is 5.32 Å².